The largest absolute Gasteiger partial charge is 0.467 e. The fourth-order valence-electron chi connectivity index (χ4n) is 1.93. The van der Waals surface area contributed by atoms with Gasteiger partial charge in [0.15, 0.2) is 6.04 Å². The Kier molecular flexibility index (Phi) is 5.44. The fourth-order valence-corrected chi connectivity index (χ4v) is 2.20. The Morgan fingerprint density at radius 3 is 2.35 bits per heavy atom. The van der Waals surface area contributed by atoms with Gasteiger partial charge in [0, 0.05) is 10.5 Å². The summed E-state index contributed by atoms with van der Waals surface area (Å²) in [6.07, 6.45) is 0. The molecule has 2 aromatic carbocycles. The average molecular weight is 384 g/mol. The highest BCUT2D eigenvalue weighted by molar-refractivity contribution is 9.10. The molecule has 1 N–H and O–H groups in total. The maximum Gasteiger partial charge on any atom is 0.333 e. The van der Waals surface area contributed by atoms with Crippen molar-refractivity contribution in [2.45, 2.75) is 6.04 Å². The van der Waals surface area contributed by atoms with Crippen LogP contribution in [-0.2, 0) is 9.53 Å². The minimum absolute atomic E-state index is 0.364. The Morgan fingerprint density at radius 1 is 1.13 bits per heavy atom. The summed E-state index contributed by atoms with van der Waals surface area (Å²) in [4.78, 5) is 24.1. The summed E-state index contributed by atoms with van der Waals surface area (Å²) < 4.78 is 32.0. The number of methoxy groups -OCH3 is 1. The van der Waals surface area contributed by atoms with Gasteiger partial charge in [-0.05, 0) is 29.8 Å². The first kappa shape index (κ1) is 17.1. The van der Waals surface area contributed by atoms with Crippen LogP contribution in [-0.4, -0.2) is 19.0 Å². The van der Waals surface area contributed by atoms with Crippen LogP contribution < -0.4 is 5.32 Å². The quantitative estimate of drug-likeness (QED) is 0.823. The second kappa shape index (κ2) is 7.32. The molecule has 1 atom stereocenters. The predicted molar refractivity (Wildman–Crippen MR) is 82.7 cm³/mol. The van der Waals surface area contributed by atoms with Crippen LogP contribution in [0.2, 0.25) is 0 Å². The van der Waals surface area contributed by atoms with Gasteiger partial charge in [0.2, 0.25) is 0 Å². The number of amides is 1. The number of rotatable bonds is 4. The van der Waals surface area contributed by atoms with Crippen molar-refractivity contribution < 1.29 is 23.1 Å². The molecule has 0 aliphatic carbocycles. The molecular formula is C16H12BrF2NO3. The van der Waals surface area contributed by atoms with E-state index in [1.54, 1.807) is 24.3 Å². The summed E-state index contributed by atoms with van der Waals surface area (Å²) in [6.45, 7) is 0. The molecule has 0 spiro atoms. The topological polar surface area (TPSA) is 55.4 Å². The van der Waals surface area contributed by atoms with E-state index in [1.807, 2.05) is 0 Å². The minimum atomic E-state index is -1.11. The van der Waals surface area contributed by atoms with Crippen LogP contribution in [0.15, 0.2) is 46.9 Å². The molecule has 120 valence electrons. The van der Waals surface area contributed by atoms with Gasteiger partial charge in [-0.2, -0.15) is 0 Å². The van der Waals surface area contributed by atoms with E-state index in [1.165, 1.54) is 7.11 Å². The van der Waals surface area contributed by atoms with Gasteiger partial charge >= 0.3 is 5.97 Å². The van der Waals surface area contributed by atoms with E-state index in [-0.39, 0.29) is 5.56 Å². The zero-order valence-electron chi connectivity index (χ0n) is 12.0. The van der Waals surface area contributed by atoms with Crippen LogP contribution in [0.4, 0.5) is 8.78 Å². The maximum atomic E-state index is 13.7. The molecule has 0 heterocycles. The summed E-state index contributed by atoms with van der Waals surface area (Å²) in [5.41, 5.74) is 0.105. The molecule has 7 heteroatoms. The van der Waals surface area contributed by atoms with Gasteiger partial charge in [-0.25, -0.2) is 13.6 Å². The number of hydrogen-bond donors (Lipinski definition) is 1. The zero-order chi connectivity index (χ0) is 17.0. The summed E-state index contributed by atoms with van der Waals surface area (Å²) in [7, 11) is 1.18. The first-order chi connectivity index (χ1) is 10.9. The Bertz CT molecular complexity index is 735. The third kappa shape index (κ3) is 4.13. The molecule has 4 nitrogen and oxygen atoms in total. The lowest BCUT2D eigenvalue weighted by Gasteiger charge is -2.17. The monoisotopic (exact) mass is 383 g/mol. The highest BCUT2D eigenvalue weighted by atomic mass is 79.9. The summed E-state index contributed by atoms with van der Waals surface area (Å²) in [5.74, 6) is -3.36. The van der Waals surface area contributed by atoms with Crippen LogP contribution in [0.5, 0.6) is 0 Å². The Labute approximate surface area is 139 Å². The first-order valence-electron chi connectivity index (χ1n) is 6.51. The second-order valence-electron chi connectivity index (χ2n) is 4.61. The van der Waals surface area contributed by atoms with Crippen molar-refractivity contribution in [3.63, 3.8) is 0 Å². The van der Waals surface area contributed by atoms with Crippen molar-refractivity contribution in [3.05, 3.63) is 69.7 Å². The van der Waals surface area contributed by atoms with Crippen LogP contribution in [0.25, 0.3) is 0 Å². The average Bonchev–Trinajstić information content (AvgIpc) is 2.52. The molecule has 0 saturated carbocycles. The van der Waals surface area contributed by atoms with E-state index in [0.29, 0.717) is 11.6 Å². The second-order valence-corrected chi connectivity index (χ2v) is 5.52. The smallest absolute Gasteiger partial charge is 0.333 e. The molecule has 0 bridgehead atoms. The molecule has 0 aliphatic heterocycles. The van der Waals surface area contributed by atoms with Crippen molar-refractivity contribution in [1.82, 2.24) is 5.32 Å². The number of benzene rings is 2. The molecule has 0 radical (unpaired) electrons. The van der Waals surface area contributed by atoms with Gasteiger partial charge in [0.25, 0.3) is 5.91 Å². The van der Waals surface area contributed by atoms with Gasteiger partial charge in [-0.1, -0.05) is 28.1 Å². The third-order valence-electron chi connectivity index (χ3n) is 3.09. The van der Waals surface area contributed by atoms with Crippen LogP contribution in [0, 0.1) is 11.6 Å². The molecule has 1 unspecified atom stereocenters. The van der Waals surface area contributed by atoms with E-state index < -0.39 is 29.6 Å². The number of ether oxygens (including phenoxy) is 1. The van der Waals surface area contributed by atoms with Crippen molar-refractivity contribution in [2.75, 3.05) is 7.11 Å². The van der Waals surface area contributed by atoms with Crippen molar-refractivity contribution in [1.29, 1.82) is 0 Å². The SMILES string of the molecule is COC(=O)C(NC(=O)c1ccc(F)cc1F)c1ccc(Br)cc1. The lowest BCUT2D eigenvalue weighted by molar-refractivity contribution is -0.143. The third-order valence-corrected chi connectivity index (χ3v) is 3.62. The van der Waals surface area contributed by atoms with Crippen molar-refractivity contribution in [3.8, 4) is 0 Å². The van der Waals surface area contributed by atoms with Gasteiger partial charge in [0.1, 0.15) is 11.6 Å². The van der Waals surface area contributed by atoms with Crippen LogP contribution in [0.1, 0.15) is 22.0 Å². The lowest BCUT2D eigenvalue weighted by Crippen LogP contribution is -2.35. The Balaban J connectivity index is 2.29. The summed E-state index contributed by atoms with van der Waals surface area (Å²) >= 11 is 3.26. The standard InChI is InChI=1S/C16H12BrF2NO3/c1-23-16(22)14(9-2-4-10(17)5-3-9)20-15(21)12-7-6-11(18)8-13(12)19/h2-8,14H,1H3,(H,20,21). The summed E-state index contributed by atoms with van der Waals surface area (Å²) in [6, 6.07) is 8.08. The molecule has 1 amide bonds. The number of carbonyl (C=O) groups is 2. The van der Waals surface area contributed by atoms with Gasteiger partial charge in [0.05, 0.1) is 12.7 Å². The molecule has 2 rings (SSSR count). The number of esters is 1. The highest BCUT2D eigenvalue weighted by Gasteiger charge is 2.25. The van der Waals surface area contributed by atoms with Crippen LogP contribution >= 0.6 is 15.9 Å². The Morgan fingerprint density at radius 2 is 1.78 bits per heavy atom. The number of nitrogens with one attached hydrogen (secondary N) is 1. The van der Waals surface area contributed by atoms with E-state index in [4.69, 9.17) is 0 Å². The van der Waals surface area contributed by atoms with Gasteiger partial charge < -0.3 is 10.1 Å². The molecule has 0 saturated heterocycles. The maximum absolute atomic E-state index is 13.7. The number of carbonyl (C=O) groups excluding carboxylic acids is 2. The van der Waals surface area contributed by atoms with Crippen molar-refractivity contribution in [2.24, 2.45) is 0 Å². The van der Waals surface area contributed by atoms with Gasteiger partial charge in [-0.3, -0.25) is 4.79 Å². The highest BCUT2D eigenvalue weighted by Crippen LogP contribution is 2.19. The fraction of sp³-hybridized carbons (Fsp3) is 0.125. The van der Waals surface area contributed by atoms with E-state index in [2.05, 4.69) is 26.0 Å². The molecule has 2 aromatic rings. The van der Waals surface area contributed by atoms with Crippen molar-refractivity contribution >= 4 is 27.8 Å². The van der Waals surface area contributed by atoms with E-state index in [9.17, 15) is 18.4 Å². The molecule has 23 heavy (non-hydrogen) atoms. The first-order valence-corrected chi connectivity index (χ1v) is 7.31. The predicted octanol–water partition coefficient (Wildman–Crippen LogP) is 3.37. The zero-order valence-corrected chi connectivity index (χ0v) is 13.6. The lowest BCUT2D eigenvalue weighted by atomic mass is 10.1. The number of hydrogen-bond acceptors (Lipinski definition) is 3. The molecule has 0 aromatic heterocycles. The molecule has 0 fully saturated rings. The Hall–Kier alpha value is -2.28. The minimum Gasteiger partial charge on any atom is -0.467 e. The summed E-state index contributed by atoms with van der Waals surface area (Å²) in [5, 5.41) is 2.39. The number of halogens is 3. The molecule has 0 aliphatic rings. The van der Waals surface area contributed by atoms with E-state index in [0.717, 1.165) is 16.6 Å². The van der Waals surface area contributed by atoms with Gasteiger partial charge in [-0.15, -0.1) is 0 Å². The normalized spacial score (nSPS) is 11.7. The van der Waals surface area contributed by atoms with Crippen LogP contribution in [0.3, 0.4) is 0 Å². The van der Waals surface area contributed by atoms with E-state index >= 15 is 0 Å². The molecular weight excluding hydrogens is 372 g/mol.